The molecule has 0 radical (unpaired) electrons. The number of nitrogens with zero attached hydrogens (tertiary/aromatic N) is 4. The zero-order valence-electron chi connectivity index (χ0n) is 20.2. The summed E-state index contributed by atoms with van der Waals surface area (Å²) >= 11 is 1.88. The summed E-state index contributed by atoms with van der Waals surface area (Å²) in [6.07, 6.45) is 4.51. The van der Waals surface area contributed by atoms with E-state index in [0.29, 0.717) is 5.92 Å². The molecule has 0 saturated carbocycles. The van der Waals surface area contributed by atoms with Crippen molar-refractivity contribution in [2.24, 2.45) is 5.92 Å². The van der Waals surface area contributed by atoms with E-state index in [1.807, 2.05) is 28.4 Å². The summed E-state index contributed by atoms with van der Waals surface area (Å²) in [6.45, 7) is 11.9. The molecule has 1 atom stereocenters. The van der Waals surface area contributed by atoms with Crippen LogP contribution in [0, 0.1) is 5.92 Å². The molecule has 0 bridgehead atoms. The third-order valence-corrected chi connectivity index (χ3v) is 8.29. The van der Waals surface area contributed by atoms with E-state index < -0.39 is 0 Å². The first-order valence-electron chi connectivity index (χ1n) is 12.4. The van der Waals surface area contributed by atoms with Gasteiger partial charge in [0.15, 0.2) is 0 Å². The molecule has 0 N–H and O–H groups in total. The third-order valence-electron chi connectivity index (χ3n) is 7.15. The molecular formula is C27H34N4OS. The topological polar surface area (TPSA) is 49.3 Å². The van der Waals surface area contributed by atoms with Gasteiger partial charge in [-0.3, -0.25) is 4.79 Å². The minimum atomic E-state index is 0.134. The summed E-state index contributed by atoms with van der Waals surface area (Å²) in [5.74, 6) is 3.19. The summed E-state index contributed by atoms with van der Waals surface area (Å²) in [5, 5.41) is 1.28. The van der Waals surface area contributed by atoms with Crippen molar-refractivity contribution in [3.8, 4) is 0 Å². The van der Waals surface area contributed by atoms with Gasteiger partial charge in [-0.2, -0.15) is 0 Å². The first-order valence-corrected chi connectivity index (χ1v) is 13.2. The van der Waals surface area contributed by atoms with Gasteiger partial charge in [0, 0.05) is 42.5 Å². The molecule has 0 spiro atoms. The molecule has 1 amide bonds. The van der Waals surface area contributed by atoms with E-state index in [2.05, 4.69) is 44.7 Å². The minimum Gasteiger partial charge on any atom is -0.352 e. The van der Waals surface area contributed by atoms with Gasteiger partial charge < -0.3 is 9.80 Å². The molecule has 3 aromatic rings. The molecule has 2 aliphatic rings. The molecule has 174 valence electrons. The fourth-order valence-corrected chi connectivity index (χ4v) is 6.40. The van der Waals surface area contributed by atoms with Crippen LogP contribution in [0.25, 0.3) is 10.2 Å². The first-order chi connectivity index (χ1) is 15.9. The van der Waals surface area contributed by atoms with Crippen LogP contribution < -0.4 is 4.90 Å². The van der Waals surface area contributed by atoms with Crippen molar-refractivity contribution in [3.05, 3.63) is 51.7 Å². The van der Waals surface area contributed by atoms with E-state index in [4.69, 9.17) is 9.97 Å². The predicted octanol–water partition coefficient (Wildman–Crippen LogP) is 5.46. The third kappa shape index (κ3) is 4.25. The summed E-state index contributed by atoms with van der Waals surface area (Å²) < 4.78 is 0. The van der Waals surface area contributed by atoms with Crippen LogP contribution in [0.1, 0.15) is 72.2 Å². The number of anilines is 1. The highest BCUT2D eigenvalue weighted by molar-refractivity contribution is 7.19. The van der Waals surface area contributed by atoms with Gasteiger partial charge in [0.25, 0.3) is 5.91 Å². The Bertz CT molecular complexity index is 1160. The predicted molar refractivity (Wildman–Crippen MR) is 137 cm³/mol. The van der Waals surface area contributed by atoms with E-state index in [1.54, 1.807) is 0 Å². The van der Waals surface area contributed by atoms with Crippen molar-refractivity contribution in [2.75, 3.05) is 31.1 Å². The number of carbonyl (C=O) groups is 1. The second-order valence-corrected chi connectivity index (χ2v) is 11.0. The number of hydrogen-bond acceptors (Lipinski definition) is 5. The standard InChI is InChI=1S/C27H34N4OS/c1-5-19-7-9-20(10-8-19)27(32)31-14-12-30(13-15-31)25-23-21-11-6-18(4)16-22(21)33-26(23)29-24(28-25)17(2)3/h7-10,17-18H,5-6,11-16H2,1-4H3. The van der Waals surface area contributed by atoms with Gasteiger partial charge in [0.1, 0.15) is 16.5 Å². The second-order valence-electron chi connectivity index (χ2n) is 9.92. The van der Waals surface area contributed by atoms with E-state index >= 15 is 0 Å². The monoisotopic (exact) mass is 462 g/mol. The van der Waals surface area contributed by atoms with Gasteiger partial charge in [-0.25, -0.2) is 9.97 Å². The summed E-state index contributed by atoms with van der Waals surface area (Å²) in [7, 11) is 0. The van der Waals surface area contributed by atoms with Gasteiger partial charge in [-0.15, -0.1) is 11.3 Å². The molecule has 33 heavy (non-hydrogen) atoms. The summed E-state index contributed by atoms with van der Waals surface area (Å²) in [6, 6.07) is 8.06. The summed E-state index contributed by atoms with van der Waals surface area (Å²) in [5.41, 5.74) is 3.53. The Hall–Kier alpha value is -2.47. The molecule has 3 heterocycles. The smallest absolute Gasteiger partial charge is 0.253 e. The highest BCUT2D eigenvalue weighted by Crippen LogP contribution is 2.41. The van der Waals surface area contributed by atoms with Crippen LogP contribution in [-0.2, 0) is 19.3 Å². The van der Waals surface area contributed by atoms with Crippen LogP contribution in [0.4, 0.5) is 5.82 Å². The number of fused-ring (bicyclic) bond motifs is 3. The molecule has 1 aliphatic carbocycles. The normalized spacial score (nSPS) is 18.8. The lowest BCUT2D eigenvalue weighted by Crippen LogP contribution is -2.49. The average molecular weight is 463 g/mol. The Morgan fingerprint density at radius 3 is 2.52 bits per heavy atom. The Balaban J connectivity index is 1.41. The van der Waals surface area contributed by atoms with Crippen LogP contribution in [0.5, 0.6) is 0 Å². The van der Waals surface area contributed by atoms with E-state index in [9.17, 15) is 4.79 Å². The van der Waals surface area contributed by atoms with Crippen molar-refractivity contribution in [3.63, 3.8) is 0 Å². The molecular weight excluding hydrogens is 428 g/mol. The van der Waals surface area contributed by atoms with Crippen LogP contribution in [0.3, 0.4) is 0 Å². The van der Waals surface area contributed by atoms with Crippen LogP contribution in [0.15, 0.2) is 24.3 Å². The van der Waals surface area contributed by atoms with Gasteiger partial charge >= 0.3 is 0 Å². The molecule has 6 heteroatoms. The summed E-state index contributed by atoms with van der Waals surface area (Å²) in [4.78, 5) is 30.2. The van der Waals surface area contributed by atoms with Crippen molar-refractivity contribution < 1.29 is 4.79 Å². The lowest BCUT2D eigenvalue weighted by molar-refractivity contribution is 0.0746. The molecule has 1 aliphatic heterocycles. The number of carbonyl (C=O) groups excluding carboxylic acids is 1. The van der Waals surface area contributed by atoms with Crippen molar-refractivity contribution in [2.45, 2.75) is 59.3 Å². The SMILES string of the molecule is CCc1ccc(C(=O)N2CCN(c3nc(C(C)C)nc4sc5c(c34)CCC(C)C5)CC2)cc1. The number of piperazine rings is 1. The van der Waals surface area contributed by atoms with Crippen molar-refractivity contribution in [1.82, 2.24) is 14.9 Å². The Morgan fingerprint density at radius 1 is 1.12 bits per heavy atom. The molecule has 1 saturated heterocycles. The van der Waals surface area contributed by atoms with Gasteiger partial charge in [-0.05, 0) is 54.9 Å². The molecule has 1 unspecified atom stereocenters. The fraction of sp³-hybridized carbons (Fsp3) is 0.519. The van der Waals surface area contributed by atoms with Gasteiger partial charge in [0.05, 0.1) is 5.39 Å². The molecule has 1 fully saturated rings. The van der Waals surface area contributed by atoms with Crippen LogP contribution in [0.2, 0.25) is 0 Å². The number of thiophene rings is 1. The number of hydrogen-bond donors (Lipinski definition) is 0. The molecule has 5 nitrogen and oxygen atoms in total. The molecule has 2 aromatic heterocycles. The maximum absolute atomic E-state index is 13.1. The maximum Gasteiger partial charge on any atom is 0.253 e. The zero-order chi connectivity index (χ0) is 23.1. The second kappa shape index (κ2) is 9.05. The van der Waals surface area contributed by atoms with E-state index in [-0.39, 0.29) is 5.91 Å². The largest absolute Gasteiger partial charge is 0.352 e. The number of aromatic nitrogens is 2. The molecule has 5 rings (SSSR count). The van der Waals surface area contributed by atoms with Crippen molar-refractivity contribution in [1.29, 1.82) is 0 Å². The van der Waals surface area contributed by atoms with Gasteiger partial charge in [-0.1, -0.05) is 39.8 Å². The lowest BCUT2D eigenvalue weighted by atomic mass is 9.89. The quantitative estimate of drug-likeness (QED) is 0.516. The minimum absolute atomic E-state index is 0.134. The lowest BCUT2D eigenvalue weighted by Gasteiger charge is -2.36. The Labute approximate surface area is 200 Å². The number of rotatable bonds is 4. The van der Waals surface area contributed by atoms with E-state index in [0.717, 1.165) is 73.4 Å². The average Bonchev–Trinajstić information content (AvgIpc) is 3.20. The van der Waals surface area contributed by atoms with Crippen LogP contribution >= 0.6 is 11.3 Å². The fourth-order valence-electron chi connectivity index (χ4n) is 5.01. The zero-order valence-corrected chi connectivity index (χ0v) is 21.0. The first kappa shape index (κ1) is 22.3. The Kier molecular flexibility index (Phi) is 6.12. The maximum atomic E-state index is 13.1. The van der Waals surface area contributed by atoms with Crippen LogP contribution in [-0.4, -0.2) is 47.0 Å². The van der Waals surface area contributed by atoms with Gasteiger partial charge in [0.2, 0.25) is 0 Å². The van der Waals surface area contributed by atoms with Crippen molar-refractivity contribution >= 4 is 33.3 Å². The molecule has 1 aromatic carbocycles. The highest BCUT2D eigenvalue weighted by Gasteiger charge is 2.29. The Morgan fingerprint density at radius 2 is 1.85 bits per heavy atom. The number of aryl methyl sites for hydroxylation is 2. The number of benzene rings is 1. The highest BCUT2D eigenvalue weighted by atomic mass is 32.1. The van der Waals surface area contributed by atoms with E-state index in [1.165, 1.54) is 27.8 Å². The number of amides is 1.